The number of ether oxygens (including phenoxy) is 6. The predicted molar refractivity (Wildman–Crippen MR) is 173 cm³/mol. The number of carboxylic acids is 1. The van der Waals surface area contributed by atoms with Gasteiger partial charge < -0.3 is 38.8 Å². The number of nitrogens with one attached hydrogen (secondary N) is 2. The van der Waals surface area contributed by atoms with Gasteiger partial charge in [0.05, 0.1) is 78.2 Å². The quantitative estimate of drug-likeness (QED) is 0.0862. The zero-order chi connectivity index (χ0) is 31.7. The lowest BCUT2D eigenvalue weighted by molar-refractivity contribution is -0.142. The summed E-state index contributed by atoms with van der Waals surface area (Å²) >= 11 is 0. The Bertz CT molecular complexity index is 1040. The summed E-state index contributed by atoms with van der Waals surface area (Å²) in [5, 5.41) is 15.5. The van der Waals surface area contributed by atoms with Crippen molar-refractivity contribution in [1.82, 2.24) is 10.6 Å². The number of aliphatic carboxylic acids is 1. The Balaban J connectivity index is 1.20. The summed E-state index contributed by atoms with van der Waals surface area (Å²) < 4.78 is 32.8. The van der Waals surface area contributed by atoms with E-state index in [9.17, 15) is 4.79 Å². The number of carboxylic acid groups (broad SMARTS) is 1. The fourth-order valence-electron chi connectivity index (χ4n) is 4.74. The lowest BCUT2D eigenvalue weighted by Gasteiger charge is -2.37. The van der Waals surface area contributed by atoms with Crippen LogP contribution >= 0.6 is 0 Å². The van der Waals surface area contributed by atoms with Crippen molar-refractivity contribution in [2.75, 3.05) is 98.9 Å². The van der Waals surface area contributed by atoms with Crippen molar-refractivity contribution in [3.05, 3.63) is 108 Å². The molecule has 10 heteroatoms. The Labute approximate surface area is 266 Å². The molecule has 0 aromatic heterocycles. The van der Waals surface area contributed by atoms with Crippen LogP contribution in [0.5, 0.6) is 0 Å². The predicted octanol–water partition coefficient (Wildman–Crippen LogP) is 3.34. The number of hydrogen-bond acceptors (Lipinski definition) is 9. The second-order valence-corrected chi connectivity index (χ2v) is 10.0. The largest absolute Gasteiger partial charge is 0.480 e. The van der Waals surface area contributed by atoms with Crippen molar-refractivity contribution < 1.29 is 38.3 Å². The average Bonchev–Trinajstić information content (AvgIpc) is 3.08. The van der Waals surface area contributed by atoms with Gasteiger partial charge in [0.15, 0.2) is 0 Å². The van der Waals surface area contributed by atoms with Crippen LogP contribution in [0.3, 0.4) is 0 Å². The number of carbonyl (C=O) groups is 1. The molecule has 0 radical (unpaired) electrons. The Hall–Kier alpha value is -3.19. The monoisotopic (exact) mass is 624 g/mol. The van der Waals surface area contributed by atoms with Crippen LogP contribution in [0.2, 0.25) is 0 Å². The smallest absolute Gasteiger partial charge is 0.329 e. The van der Waals surface area contributed by atoms with Gasteiger partial charge in [-0.3, -0.25) is 5.32 Å². The molecule has 0 saturated carbocycles. The van der Waals surface area contributed by atoms with E-state index >= 15 is 0 Å². The third-order valence-electron chi connectivity index (χ3n) is 6.82. The molecular weight excluding hydrogens is 576 g/mol. The molecule has 3 aromatic rings. The Morgan fingerprint density at radius 1 is 0.489 bits per heavy atom. The average molecular weight is 625 g/mol. The topological polar surface area (TPSA) is 117 Å². The first-order valence-corrected chi connectivity index (χ1v) is 15.5. The van der Waals surface area contributed by atoms with Crippen LogP contribution in [0.25, 0.3) is 0 Å². The van der Waals surface area contributed by atoms with E-state index in [1.165, 1.54) is 16.7 Å². The van der Waals surface area contributed by atoms with Gasteiger partial charge >= 0.3 is 5.97 Å². The summed E-state index contributed by atoms with van der Waals surface area (Å²) in [5.74, 6) is -0.986. The second kappa shape index (κ2) is 23.2. The molecule has 0 aliphatic rings. The fourth-order valence-corrected chi connectivity index (χ4v) is 4.74. The van der Waals surface area contributed by atoms with Crippen LogP contribution in [-0.2, 0) is 38.8 Å². The van der Waals surface area contributed by atoms with Gasteiger partial charge in [-0.25, -0.2) is 4.79 Å². The van der Waals surface area contributed by atoms with E-state index in [4.69, 9.17) is 33.5 Å². The lowest BCUT2D eigenvalue weighted by Crippen LogP contribution is -2.46. The van der Waals surface area contributed by atoms with Crippen LogP contribution < -0.4 is 10.6 Å². The van der Waals surface area contributed by atoms with E-state index < -0.39 is 11.5 Å². The van der Waals surface area contributed by atoms with E-state index in [1.807, 2.05) is 18.2 Å². The van der Waals surface area contributed by atoms with Gasteiger partial charge in [0.2, 0.25) is 0 Å². The summed E-state index contributed by atoms with van der Waals surface area (Å²) in [7, 11) is 0. The summed E-state index contributed by atoms with van der Waals surface area (Å²) in [6.45, 7) is 7.13. The van der Waals surface area contributed by atoms with E-state index in [-0.39, 0.29) is 13.2 Å². The van der Waals surface area contributed by atoms with Crippen molar-refractivity contribution in [3.63, 3.8) is 0 Å². The molecule has 3 rings (SSSR count). The minimum absolute atomic E-state index is 0.256. The van der Waals surface area contributed by atoms with Gasteiger partial charge in [0, 0.05) is 19.6 Å². The first-order chi connectivity index (χ1) is 22.2. The molecule has 3 aromatic carbocycles. The molecule has 0 atom stereocenters. The van der Waals surface area contributed by atoms with Crippen molar-refractivity contribution in [1.29, 1.82) is 0 Å². The molecule has 246 valence electrons. The van der Waals surface area contributed by atoms with Crippen molar-refractivity contribution >= 4 is 5.97 Å². The van der Waals surface area contributed by atoms with E-state index in [0.29, 0.717) is 72.6 Å². The first-order valence-electron chi connectivity index (χ1n) is 15.5. The maximum absolute atomic E-state index is 10.3. The number of benzene rings is 3. The van der Waals surface area contributed by atoms with Gasteiger partial charge in [0.25, 0.3) is 0 Å². The van der Waals surface area contributed by atoms with E-state index in [1.54, 1.807) is 0 Å². The highest BCUT2D eigenvalue weighted by atomic mass is 16.6. The number of rotatable bonds is 27. The Morgan fingerprint density at radius 3 is 1.20 bits per heavy atom. The van der Waals surface area contributed by atoms with Gasteiger partial charge in [-0.15, -0.1) is 0 Å². The highest BCUT2D eigenvalue weighted by Crippen LogP contribution is 2.36. The van der Waals surface area contributed by atoms with Gasteiger partial charge in [-0.1, -0.05) is 91.0 Å². The molecule has 0 amide bonds. The zero-order valence-corrected chi connectivity index (χ0v) is 26.1. The van der Waals surface area contributed by atoms with Gasteiger partial charge in [-0.05, 0) is 16.7 Å². The summed E-state index contributed by atoms with van der Waals surface area (Å²) in [6.07, 6.45) is 0. The fraction of sp³-hybridized carbons (Fsp3) is 0.457. The molecule has 0 heterocycles. The molecule has 0 aliphatic carbocycles. The van der Waals surface area contributed by atoms with E-state index in [0.717, 1.165) is 13.1 Å². The van der Waals surface area contributed by atoms with E-state index in [2.05, 4.69) is 83.4 Å². The van der Waals surface area contributed by atoms with Crippen molar-refractivity contribution in [2.24, 2.45) is 0 Å². The number of hydrogen-bond donors (Lipinski definition) is 3. The molecule has 0 aliphatic heterocycles. The molecule has 0 unspecified atom stereocenters. The van der Waals surface area contributed by atoms with Crippen LogP contribution in [0.4, 0.5) is 0 Å². The second-order valence-electron chi connectivity index (χ2n) is 10.0. The molecule has 0 saturated heterocycles. The standard InChI is InChI=1S/C35H48N2O8/c38-34(39)30-45-29-28-44-26-23-41-20-17-36-16-19-40-22-25-43-27-24-42-21-18-37-35(31-10-4-1-5-11-31,32-12-6-2-7-13-32)33-14-8-3-9-15-33/h1-15,36-37H,16-30H2,(H,38,39). The van der Waals surface area contributed by atoms with Crippen molar-refractivity contribution in [3.8, 4) is 0 Å². The minimum Gasteiger partial charge on any atom is -0.480 e. The highest BCUT2D eigenvalue weighted by molar-refractivity contribution is 5.67. The molecule has 45 heavy (non-hydrogen) atoms. The normalized spacial score (nSPS) is 11.6. The molecule has 0 bridgehead atoms. The Kier molecular flexibility index (Phi) is 18.7. The molecular formula is C35H48N2O8. The molecule has 0 spiro atoms. The van der Waals surface area contributed by atoms with Crippen LogP contribution in [0.15, 0.2) is 91.0 Å². The third-order valence-corrected chi connectivity index (χ3v) is 6.82. The molecule has 3 N–H and O–H groups in total. The summed E-state index contributed by atoms with van der Waals surface area (Å²) in [5.41, 5.74) is 3.03. The van der Waals surface area contributed by atoms with Crippen LogP contribution in [-0.4, -0.2) is 110 Å². The van der Waals surface area contributed by atoms with Crippen LogP contribution in [0, 0.1) is 0 Å². The SMILES string of the molecule is O=C(O)COCCOCCOCCNCCOCCOCCOCCNC(c1ccccc1)(c1ccccc1)c1ccccc1. The summed E-state index contributed by atoms with van der Waals surface area (Å²) in [4.78, 5) is 10.3. The van der Waals surface area contributed by atoms with Crippen molar-refractivity contribution in [2.45, 2.75) is 5.54 Å². The van der Waals surface area contributed by atoms with Gasteiger partial charge in [0.1, 0.15) is 6.61 Å². The third kappa shape index (κ3) is 14.2. The molecule has 0 fully saturated rings. The summed E-state index contributed by atoms with van der Waals surface area (Å²) in [6, 6.07) is 31.6. The highest BCUT2D eigenvalue weighted by Gasteiger charge is 2.35. The lowest BCUT2D eigenvalue weighted by atomic mass is 9.77. The maximum Gasteiger partial charge on any atom is 0.329 e. The maximum atomic E-state index is 10.3. The van der Waals surface area contributed by atoms with Gasteiger partial charge in [-0.2, -0.15) is 0 Å². The molecule has 10 nitrogen and oxygen atoms in total. The van der Waals surface area contributed by atoms with Crippen LogP contribution in [0.1, 0.15) is 16.7 Å². The minimum atomic E-state index is -0.986. The first kappa shape index (κ1) is 36.3. The Morgan fingerprint density at radius 2 is 0.822 bits per heavy atom. The zero-order valence-electron chi connectivity index (χ0n) is 26.1.